The Balaban J connectivity index is 1.91. The van der Waals surface area contributed by atoms with Crippen LogP contribution < -0.4 is 5.56 Å². The highest BCUT2D eigenvalue weighted by molar-refractivity contribution is 7.18. The molecule has 3 heterocycles. The Morgan fingerprint density at radius 1 is 1.35 bits per heavy atom. The van der Waals surface area contributed by atoms with Gasteiger partial charge in [-0.3, -0.25) is 14.2 Å². The SMILES string of the molecule is CCOC(=O)[C@@H]1CCCn2c1nc1sc3c(c1c2=O)CCCC3. The summed E-state index contributed by atoms with van der Waals surface area (Å²) in [7, 11) is 0. The molecular formula is C17H20N2O3S. The van der Waals surface area contributed by atoms with Crippen LogP contribution in [0.1, 0.15) is 54.8 Å². The van der Waals surface area contributed by atoms with Gasteiger partial charge in [-0.05, 0) is 51.0 Å². The third-order valence-corrected chi connectivity index (χ3v) is 6.05. The number of thiophene rings is 1. The van der Waals surface area contributed by atoms with E-state index in [0.717, 1.165) is 35.9 Å². The Hall–Kier alpha value is -1.69. The average Bonchev–Trinajstić information content (AvgIpc) is 2.93. The predicted molar refractivity (Wildman–Crippen MR) is 89.1 cm³/mol. The second-order valence-electron chi connectivity index (χ2n) is 6.26. The summed E-state index contributed by atoms with van der Waals surface area (Å²) < 4.78 is 6.90. The fourth-order valence-corrected chi connectivity index (χ4v) is 5.04. The number of ether oxygens (including phenoxy) is 1. The molecule has 0 radical (unpaired) electrons. The standard InChI is InChI=1S/C17H20N2O3S/c1-2-22-17(21)11-7-5-9-19-14(11)18-15-13(16(19)20)10-6-3-4-8-12(10)23-15/h11H,2-9H2,1H3/t11-/m1/s1. The number of carbonyl (C=O) groups excluding carboxylic acids is 1. The van der Waals surface area contributed by atoms with E-state index in [4.69, 9.17) is 9.72 Å². The number of fused-ring (bicyclic) bond motifs is 4. The molecule has 2 aromatic rings. The Labute approximate surface area is 138 Å². The summed E-state index contributed by atoms with van der Waals surface area (Å²) >= 11 is 1.64. The Kier molecular flexibility index (Phi) is 3.71. The maximum Gasteiger partial charge on any atom is 0.316 e. The Morgan fingerprint density at radius 2 is 2.17 bits per heavy atom. The molecule has 1 aliphatic carbocycles. The van der Waals surface area contributed by atoms with Gasteiger partial charge in [0, 0.05) is 11.4 Å². The summed E-state index contributed by atoms with van der Waals surface area (Å²) in [4.78, 5) is 32.1. The first-order valence-electron chi connectivity index (χ1n) is 8.42. The third-order valence-electron chi connectivity index (χ3n) is 4.86. The normalized spacial score (nSPS) is 20.1. The molecule has 0 saturated carbocycles. The highest BCUT2D eigenvalue weighted by Gasteiger charge is 2.32. The lowest BCUT2D eigenvalue weighted by molar-refractivity contribution is -0.145. The molecule has 0 fully saturated rings. The number of esters is 1. The molecule has 0 saturated heterocycles. The number of aryl methyl sites for hydroxylation is 2. The lowest BCUT2D eigenvalue weighted by Gasteiger charge is -2.24. The third kappa shape index (κ3) is 2.31. The van der Waals surface area contributed by atoms with E-state index in [0.29, 0.717) is 25.4 Å². The summed E-state index contributed by atoms with van der Waals surface area (Å²) in [6, 6.07) is 0. The minimum atomic E-state index is -0.403. The van der Waals surface area contributed by atoms with Gasteiger partial charge in [0.05, 0.1) is 12.0 Å². The second-order valence-corrected chi connectivity index (χ2v) is 7.35. The van der Waals surface area contributed by atoms with Crippen molar-refractivity contribution in [1.29, 1.82) is 0 Å². The lowest BCUT2D eigenvalue weighted by atomic mass is 9.96. The lowest BCUT2D eigenvalue weighted by Crippen LogP contribution is -2.33. The van der Waals surface area contributed by atoms with E-state index in [2.05, 4.69) is 0 Å². The first-order valence-corrected chi connectivity index (χ1v) is 9.24. The number of nitrogens with zero attached hydrogens (tertiary/aromatic N) is 2. The molecule has 0 bridgehead atoms. The summed E-state index contributed by atoms with van der Waals surface area (Å²) in [6.45, 7) is 2.81. The Bertz CT molecular complexity index is 836. The van der Waals surface area contributed by atoms with Gasteiger partial charge in [0.1, 0.15) is 16.6 Å². The van der Waals surface area contributed by atoms with Crippen LogP contribution in [0.25, 0.3) is 10.2 Å². The van der Waals surface area contributed by atoms with Crippen molar-refractivity contribution in [2.75, 3.05) is 6.61 Å². The van der Waals surface area contributed by atoms with Crippen molar-refractivity contribution >= 4 is 27.5 Å². The zero-order valence-corrected chi connectivity index (χ0v) is 14.1. The van der Waals surface area contributed by atoms with Gasteiger partial charge in [0.25, 0.3) is 5.56 Å². The van der Waals surface area contributed by atoms with Crippen molar-refractivity contribution in [2.45, 2.75) is 57.9 Å². The molecule has 2 aromatic heterocycles. The molecule has 0 amide bonds. The van der Waals surface area contributed by atoms with Crippen molar-refractivity contribution in [3.8, 4) is 0 Å². The van der Waals surface area contributed by atoms with Gasteiger partial charge < -0.3 is 4.74 Å². The van der Waals surface area contributed by atoms with Crippen LogP contribution in [0.4, 0.5) is 0 Å². The summed E-state index contributed by atoms with van der Waals surface area (Å²) in [6.07, 6.45) is 5.88. The van der Waals surface area contributed by atoms with Crippen molar-refractivity contribution in [1.82, 2.24) is 9.55 Å². The number of rotatable bonds is 2. The fourth-order valence-electron chi connectivity index (χ4n) is 3.79. The van der Waals surface area contributed by atoms with Crippen LogP contribution in [0.5, 0.6) is 0 Å². The molecule has 5 nitrogen and oxygen atoms in total. The van der Waals surface area contributed by atoms with Gasteiger partial charge in [-0.25, -0.2) is 4.98 Å². The summed E-state index contributed by atoms with van der Waals surface area (Å²) in [5.74, 6) is -0.0563. The van der Waals surface area contributed by atoms with E-state index in [1.165, 1.54) is 16.9 Å². The number of hydrogen-bond donors (Lipinski definition) is 0. The highest BCUT2D eigenvalue weighted by atomic mass is 32.1. The first kappa shape index (κ1) is 14.9. The van der Waals surface area contributed by atoms with Crippen LogP contribution in [-0.4, -0.2) is 22.1 Å². The zero-order valence-electron chi connectivity index (χ0n) is 13.3. The molecule has 1 atom stereocenters. The maximum absolute atomic E-state index is 13.0. The summed E-state index contributed by atoms with van der Waals surface area (Å²) in [5, 5.41) is 0.804. The number of carbonyl (C=O) groups is 1. The predicted octanol–water partition coefficient (Wildman–Crippen LogP) is 2.78. The van der Waals surface area contributed by atoms with Gasteiger partial charge in [-0.2, -0.15) is 0 Å². The van der Waals surface area contributed by atoms with Crippen LogP contribution >= 0.6 is 11.3 Å². The van der Waals surface area contributed by atoms with Crippen molar-refractivity contribution in [3.63, 3.8) is 0 Å². The molecular weight excluding hydrogens is 312 g/mol. The minimum absolute atomic E-state index is 0.0402. The van der Waals surface area contributed by atoms with Gasteiger partial charge in [0.15, 0.2) is 0 Å². The summed E-state index contributed by atoms with van der Waals surface area (Å²) in [5.41, 5.74) is 1.25. The van der Waals surface area contributed by atoms with Crippen LogP contribution in [0.3, 0.4) is 0 Å². The number of aromatic nitrogens is 2. The molecule has 4 rings (SSSR count). The Morgan fingerprint density at radius 3 is 3.00 bits per heavy atom. The molecule has 0 spiro atoms. The fraction of sp³-hybridized carbons (Fsp3) is 0.588. The van der Waals surface area contributed by atoms with Gasteiger partial charge in [-0.15, -0.1) is 11.3 Å². The topological polar surface area (TPSA) is 61.2 Å². The maximum atomic E-state index is 13.0. The first-order chi connectivity index (χ1) is 11.2. The van der Waals surface area contributed by atoms with Crippen LogP contribution in [0, 0.1) is 0 Å². The molecule has 2 aliphatic rings. The van der Waals surface area contributed by atoms with Gasteiger partial charge >= 0.3 is 5.97 Å². The molecule has 0 N–H and O–H groups in total. The zero-order chi connectivity index (χ0) is 16.0. The van der Waals surface area contributed by atoms with E-state index in [1.807, 2.05) is 0 Å². The van der Waals surface area contributed by atoms with E-state index in [1.54, 1.807) is 22.8 Å². The van der Waals surface area contributed by atoms with E-state index in [9.17, 15) is 9.59 Å². The molecule has 0 aromatic carbocycles. The van der Waals surface area contributed by atoms with Crippen LogP contribution in [0.15, 0.2) is 4.79 Å². The van der Waals surface area contributed by atoms with Gasteiger partial charge in [-0.1, -0.05) is 0 Å². The molecule has 122 valence electrons. The molecule has 23 heavy (non-hydrogen) atoms. The van der Waals surface area contributed by atoms with Gasteiger partial charge in [0.2, 0.25) is 0 Å². The van der Waals surface area contributed by atoms with E-state index < -0.39 is 5.92 Å². The largest absolute Gasteiger partial charge is 0.465 e. The number of hydrogen-bond acceptors (Lipinski definition) is 5. The molecule has 6 heteroatoms. The quantitative estimate of drug-likeness (QED) is 0.794. The smallest absolute Gasteiger partial charge is 0.316 e. The average molecular weight is 332 g/mol. The van der Waals surface area contributed by atoms with E-state index in [-0.39, 0.29) is 11.5 Å². The monoisotopic (exact) mass is 332 g/mol. The minimum Gasteiger partial charge on any atom is -0.465 e. The van der Waals surface area contributed by atoms with Crippen LogP contribution in [-0.2, 0) is 28.9 Å². The van der Waals surface area contributed by atoms with Crippen molar-refractivity contribution < 1.29 is 9.53 Å². The highest BCUT2D eigenvalue weighted by Crippen LogP contribution is 2.35. The van der Waals surface area contributed by atoms with Crippen LogP contribution in [0.2, 0.25) is 0 Å². The van der Waals surface area contributed by atoms with Crippen molar-refractivity contribution in [2.24, 2.45) is 0 Å². The van der Waals surface area contributed by atoms with E-state index >= 15 is 0 Å². The second kappa shape index (κ2) is 5.74. The van der Waals surface area contributed by atoms with Crippen molar-refractivity contribution in [3.05, 3.63) is 26.6 Å². The molecule has 0 unspecified atom stereocenters. The molecule has 1 aliphatic heterocycles.